The Morgan fingerprint density at radius 3 is 2.77 bits per heavy atom. The smallest absolute Gasteiger partial charge is 0.227 e. The van der Waals surface area contributed by atoms with Gasteiger partial charge in [0.05, 0.1) is 19.1 Å². The van der Waals surface area contributed by atoms with E-state index in [4.69, 9.17) is 0 Å². The molecule has 1 fully saturated rings. The van der Waals surface area contributed by atoms with E-state index in [0.29, 0.717) is 31.5 Å². The number of aliphatic hydroxyl groups is 2. The summed E-state index contributed by atoms with van der Waals surface area (Å²) in [6.07, 6.45) is 1.57. The van der Waals surface area contributed by atoms with E-state index >= 15 is 0 Å². The summed E-state index contributed by atoms with van der Waals surface area (Å²) in [6, 6.07) is 6.81. The van der Waals surface area contributed by atoms with Gasteiger partial charge in [-0.15, -0.1) is 0 Å². The number of aliphatic hydroxyl groups excluding tert-OH is 2. The van der Waals surface area contributed by atoms with Crippen molar-refractivity contribution in [3.63, 3.8) is 0 Å². The minimum atomic E-state index is -0.624. The molecule has 122 valence electrons. The number of carbonyl (C=O) groups excluding carboxylic acids is 1. The van der Waals surface area contributed by atoms with Crippen LogP contribution in [0.4, 0.5) is 0 Å². The van der Waals surface area contributed by atoms with E-state index in [1.165, 1.54) is 0 Å². The molecule has 5 heteroatoms. The van der Waals surface area contributed by atoms with Gasteiger partial charge in [-0.3, -0.25) is 4.79 Å². The molecule has 1 amide bonds. The van der Waals surface area contributed by atoms with Crippen molar-refractivity contribution in [3.05, 3.63) is 29.8 Å². The van der Waals surface area contributed by atoms with Crippen LogP contribution in [0.15, 0.2) is 24.3 Å². The van der Waals surface area contributed by atoms with E-state index in [1.807, 2.05) is 6.92 Å². The molecule has 0 aromatic heterocycles. The zero-order valence-corrected chi connectivity index (χ0v) is 13.0. The molecular formula is C17H25NO4. The van der Waals surface area contributed by atoms with E-state index in [-0.39, 0.29) is 24.7 Å². The number of nitrogens with zero attached hydrogens (tertiary/aromatic N) is 1. The van der Waals surface area contributed by atoms with Gasteiger partial charge >= 0.3 is 0 Å². The van der Waals surface area contributed by atoms with Gasteiger partial charge in [0.2, 0.25) is 5.91 Å². The van der Waals surface area contributed by atoms with Crippen molar-refractivity contribution in [2.24, 2.45) is 5.41 Å². The van der Waals surface area contributed by atoms with E-state index in [9.17, 15) is 20.1 Å². The van der Waals surface area contributed by atoms with E-state index in [0.717, 1.165) is 6.42 Å². The van der Waals surface area contributed by atoms with Gasteiger partial charge in [0.1, 0.15) is 5.75 Å². The SMILES string of the molecule is CCC[C@@]1(CO)CN(C(=O)Cc2ccccc2O)CC[C@@H]1O. The topological polar surface area (TPSA) is 81.0 Å². The molecule has 0 saturated carbocycles. The summed E-state index contributed by atoms with van der Waals surface area (Å²) >= 11 is 0. The number of amides is 1. The number of rotatable bonds is 5. The van der Waals surface area contributed by atoms with Crippen molar-refractivity contribution in [1.29, 1.82) is 0 Å². The highest BCUT2D eigenvalue weighted by atomic mass is 16.3. The maximum Gasteiger partial charge on any atom is 0.227 e. The number of piperidine rings is 1. The van der Waals surface area contributed by atoms with Crippen molar-refractivity contribution in [2.75, 3.05) is 19.7 Å². The minimum Gasteiger partial charge on any atom is -0.508 e. The number of aromatic hydroxyl groups is 1. The molecule has 0 aliphatic carbocycles. The van der Waals surface area contributed by atoms with Crippen LogP contribution in [-0.2, 0) is 11.2 Å². The van der Waals surface area contributed by atoms with Crippen LogP contribution in [0.25, 0.3) is 0 Å². The van der Waals surface area contributed by atoms with Crippen molar-refractivity contribution < 1.29 is 20.1 Å². The van der Waals surface area contributed by atoms with Gasteiger partial charge in [-0.05, 0) is 18.9 Å². The zero-order valence-electron chi connectivity index (χ0n) is 13.0. The average Bonchev–Trinajstić information content (AvgIpc) is 2.52. The van der Waals surface area contributed by atoms with Gasteiger partial charge in [-0.2, -0.15) is 0 Å². The van der Waals surface area contributed by atoms with E-state index in [1.54, 1.807) is 29.2 Å². The molecule has 1 aliphatic heterocycles. The fourth-order valence-electron chi connectivity index (χ4n) is 3.27. The number of phenolic OH excluding ortho intramolecular Hbond substituents is 1. The quantitative estimate of drug-likeness (QED) is 0.766. The second-order valence-electron chi connectivity index (χ2n) is 6.20. The van der Waals surface area contributed by atoms with E-state index in [2.05, 4.69) is 0 Å². The third kappa shape index (κ3) is 3.42. The predicted octanol–water partition coefficient (Wildman–Crippen LogP) is 1.31. The standard InChI is InChI=1S/C17H25NO4/c1-2-8-17(12-19)11-18(9-7-15(17)21)16(22)10-13-5-3-4-6-14(13)20/h3-6,15,19-21H,2,7-12H2,1H3/t15-,17-/m0/s1. The van der Waals surface area contributed by atoms with Crippen LogP contribution in [0.2, 0.25) is 0 Å². The fraction of sp³-hybridized carbons (Fsp3) is 0.588. The Morgan fingerprint density at radius 1 is 1.41 bits per heavy atom. The minimum absolute atomic E-state index is 0.0812. The summed E-state index contributed by atoms with van der Waals surface area (Å²) in [4.78, 5) is 14.2. The summed E-state index contributed by atoms with van der Waals surface area (Å²) in [5.74, 6) is 0.0391. The van der Waals surface area contributed by atoms with Gasteiger partial charge in [-0.25, -0.2) is 0 Å². The number of hydrogen-bond donors (Lipinski definition) is 3. The Labute approximate surface area is 131 Å². The lowest BCUT2D eigenvalue weighted by Crippen LogP contribution is -2.55. The van der Waals surface area contributed by atoms with Crippen molar-refractivity contribution in [3.8, 4) is 5.75 Å². The molecule has 1 aromatic carbocycles. The molecule has 5 nitrogen and oxygen atoms in total. The molecule has 1 heterocycles. The lowest BCUT2D eigenvalue weighted by Gasteiger charge is -2.45. The summed E-state index contributed by atoms with van der Waals surface area (Å²) in [7, 11) is 0. The number of likely N-dealkylation sites (tertiary alicyclic amines) is 1. The van der Waals surface area contributed by atoms with Crippen molar-refractivity contribution in [1.82, 2.24) is 4.90 Å². The third-order valence-corrected chi connectivity index (χ3v) is 4.63. The van der Waals surface area contributed by atoms with Crippen molar-refractivity contribution >= 4 is 5.91 Å². The van der Waals surface area contributed by atoms with Crippen molar-refractivity contribution in [2.45, 2.75) is 38.7 Å². The molecular weight excluding hydrogens is 282 g/mol. The van der Waals surface area contributed by atoms with Gasteiger partial charge in [0.25, 0.3) is 0 Å². The highest BCUT2D eigenvalue weighted by molar-refractivity contribution is 5.79. The maximum absolute atomic E-state index is 12.5. The first kappa shape index (κ1) is 16.8. The summed E-state index contributed by atoms with van der Waals surface area (Å²) in [5, 5.41) is 29.8. The number of benzene rings is 1. The summed E-state index contributed by atoms with van der Waals surface area (Å²) in [6.45, 7) is 2.74. The van der Waals surface area contributed by atoms with Gasteiger partial charge < -0.3 is 20.2 Å². The molecule has 0 radical (unpaired) electrons. The second kappa shape index (κ2) is 7.11. The van der Waals surface area contributed by atoms with Crippen LogP contribution in [0.1, 0.15) is 31.7 Å². The lowest BCUT2D eigenvalue weighted by molar-refractivity contribution is -0.141. The number of para-hydroxylation sites is 1. The number of hydrogen-bond acceptors (Lipinski definition) is 4. The van der Waals surface area contributed by atoms with Gasteiger partial charge in [0, 0.05) is 24.1 Å². The normalized spacial score (nSPS) is 25.2. The summed E-state index contributed by atoms with van der Waals surface area (Å²) in [5.41, 5.74) is -0.0230. The van der Waals surface area contributed by atoms with Crippen LogP contribution in [-0.4, -0.2) is 51.9 Å². The van der Waals surface area contributed by atoms with E-state index < -0.39 is 11.5 Å². The third-order valence-electron chi connectivity index (χ3n) is 4.63. The molecule has 0 unspecified atom stereocenters. The number of carbonyl (C=O) groups is 1. The number of phenols is 1. The molecule has 1 saturated heterocycles. The molecule has 3 N–H and O–H groups in total. The largest absolute Gasteiger partial charge is 0.508 e. The Kier molecular flexibility index (Phi) is 5.42. The lowest BCUT2D eigenvalue weighted by atomic mass is 9.74. The Hall–Kier alpha value is -1.59. The van der Waals surface area contributed by atoms with Crippen LogP contribution < -0.4 is 0 Å². The molecule has 0 bridgehead atoms. The first-order chi connectivity index (χ1) is 10.5. The Balaban J connectivity index is 2.09. The van der Waals surface area contributed by atoms with Crippen LogP contribution >= 0.6 is 0 Å². The first-order valence-corrected chi connectivity index (χ1v) is 7.86. The average molecular weight is 307 g/mol. The zero-order chi connectivity index (χ0) is 16.2. The Morgan fingerprint density at radius 2 is 2.14 bits per heavy atom. The molecule has 1 aromatic rings. The van der Waals surface area contributed by atoms with Gasteiger partial charge in [-0.1, -0.05) is 31.5 Å². The summed E-state index contributed by atoms with van der Waals surface area (Å²) < 4.78 is 0. The highest BCUT2D eigenvalue weighted by Crippen LogP contribution is 2.35. The fourth-order valence-corrected chi connectivity index (χ4v) is 3.27. The predicted molar refractivity (Wildman–Crippen MR) is 83.4 cm³/mol. The highest BCUT2D eigenvalue weighted by Gasteiger charge is 2.42. The Bertz CT molecular complexity index is 519. The monoisotopic (exact) mass is 307 g/mol. The molecule has 1 aliphatic rings. The maximum atomic E-state index is 12.5. The molecule has 2 rings (SSSR count). The molecule has 0 spiro atoms. The molecule has 2 atom stereocenters. The van der Waals surface area contributed by atoms with Crippen LogP contribution in [0, 0.1) is 5.41 Å². The molecule has 22 heavy (non-hydrogen) atoms. The first-order valence-electron chi connectivity index (χ1n) is 7.86. The van der Waals surface area contributed by atoms with Crippen LogP contribution in [0.5, 0.6) is 5.75 Å². The van der Waals surface area contributed by atoms with Crippen LogP contribution in [0.3, 0.4) is 0 Å². The van der Waals surface area contributed by atoms with Gasteiger partial charge in [0.15, 0.2) is 0 Å². The second-order valence-corrected chi connectivity index (χ2v) is 6.20.